The third kappa shape index (κ3) is 9.25. The Morgan fingerprint density at radius 2 is 1.81 bits per heavy atom. The Balaban J connectivity index is 1.50. The van der Waals surface area contributed by atoms with Gasteiger partial charge in [-0.3, -0.25) is 0 Å². The molecule has 0 N–H and O–H groups in total. The van der Waals surface area contributed by atoms with E-state index >= 15 is 0 Å². The molecule has 1 aliphatic rings. The molecule has 1 amide bonds. The van der Waals surface area contributed by atoms with E-state index in [-0.39, 0.29) is 6.09 Å². The Labute approximate surface area is 164 Å². The van der Waals surface area contributed by atoms with E-state index in [4.69, 9.17) is 14.2 Å². The van der Waals surface area contributed by atoms with Crippen LogP contribution in [-0.4, -0.2) is 49.5 Å². The summed E-state index contributed by atoms with van der Waals surface area (Å²) in [4.78, 5) is 14.0. The first-order chi connectivity index (χ1) is 12.9. The third-order valence-electron chi connectivity index (χ3n) is 4.46. The number of carbonyl (C=O) groups excluding carboxylic acids is 1. The quantitative estimate of drug-likeness (QED) is 0.588. The Bertz CT molecular complexity index is 541. The molecule has 1 saturated heterocycles. The predicted molar refractivity (Wildman–Crippen MR) is 107 cm³/mol. The van der Waals surface area contributed by atoms with Gasteiger partial charge in [-0.1, -0.05) is 30.3 Å². The number of benzene rings is 1. The van der Waals surface area contributed by atoms with Crippen molar-refractivity contribution in [2.24, 2.45) is 5.92 Å². The topological polar surface area (TPSA) is 48.0 Å². The van der Waals surface area contributed by atoms with Gasteiger partial charge in [-0.05, 0) is 52.0 Å². The van der Waals surface area contributed by atoms with Crippen molar-refractivity contribution in [1.29, 1.82) is 0 Å². The smallest absolute Gasteiger partial charge is 0.410 e. The van der Waals surface area contributed by atoms with Gasteiger partial charge in [0.25, 0.3) is 0 Å². The summed E-state index contributed by atoms with van der Waals surface area (Å²) in [6, 6.07) is 10.2. The number of nitrogens with zero attached hydrogens (tertiary/aromatic N) is 1. The molecule has 0 aliphatic carbocycles. The zero-order valence-corrected chi connectivity index (χ0v) is 17.1. The highest BCUT2D eigenvalue weighted by atomic mass is 16.6. The van der Waals surface area contributed by atoms with Crippen molar-refractivity contribution in [3.63, 3.8) is 0 Å². The van der Waals surface area contributed by atoms with Crippen LogP contribution in [0.1, 0.15) is 52.0 Å². The van der Waals surface area contributed by atoms with Gasteiger partial charge in [-0.15, -0.1) is 0 Å². The number of likely N-dealkylation sites (tertiary alicyclic amines) is 1. The lowest BCUT2D eigenvalue weighted by Crippen LogP contribution is -2.43. The number of hydrogen-bond acceptors (Lipinski definition) is 4. The second kappa shape index (κ2) is 11.3. The largest absolute Gasteiger partial charge is 0.444 e. The van der Waals surface area contributed by atoms with Gasteiger partial charge in [0.1, 0.15) is 5.60 Å². The Morgan fingerprint density at radius 3 is 2.52 bits per heavy atom. The molecule has 1 heterocycles. The number of rotatable bonds is 9. The summed E-state index contributed by atoms with van der Waals surface area (Å²) in [5.41, 5.74) is 0.768. The molecule has 0 bridgehead atoms. The summed E-state index contributed by atoms with van der Waals surface area (Å²) in [6.07, 6.45) is 3.92. The van der Waals surface area contributed by atoms with Crippen molar-refractivity contribution in [2.75, 3.05) is 32.9 Å². The summed E-state index contributed by atoms with van der Waals surface area (Å²) in [5, 5.41) is 0. The number of piperidine rings is 1. The van der Waals surface area contributed by atoms with E-state index in [9.17, 15) is 4.79 Å². The molecule has 1 unspecified atom stereocenters. The zero-order valence-electron chi connectivity index (χ0n) is 17.1. The van der Waals surface area contributed by atoms with Crippen LogP contribution >= 0.6 is 0 Å². The highest BCUT2D eigenvalue weighted by molar-refractivity contribution is 5.68. The van der Waals surface area contributed by atoms with Crippen molar-refractivity contribution < 1.29 is 19.0 Å². The van der Waals surface area contributed by atoms with Crippen molar-refractivity contribution >= 4 is 6.09 Å². The number of amides is 1. The summed E-state index contributed by atoms with van der Waals surface area (Å²) in [6.45, 7) is 10.1. The highest BCUT2D eigenvalue weighted by Crippen LogP contribution is 2.19. The number of hydrogen-bond donors (Lipinski definition) is 0. The SMILES string of the molecule is CC(C)(C)OC(=O)N1CCCC(COCCCCOCc2ccccc2)C1. The van der Waals surface area contributed by atoms with Gasteiger partial charge in [-0.2, -0.15) is 0 Å². The van der Waals surface area contributed by atoms with Crippen LogP contribution in [0.15, 0.2) is 30.3 Å². The van der Waals surface area contributed by atoms with E-state index in [1.54, 1.807) is 0 Å². The first-order valence-electron chi connectivity index (χ1n) is 10.1. The minimum Gasteiger partial charge on any atom is -0.444 e. The first-order valence-corrected chi connectivity index (χ1v) is 10.1. The van der Waals surface area contributed by atoms with Gasteiger partial charge in [0.15, 0.2) is 0 Å². The molecule has 152 valence electrons. The fraction of sp³-hybridized carbons (Fsp3) is 0.682. The van der Waals surface area contributed by atoms with Crippen LogP contribution in [0.5, 0.6) is 0 Å². The van der Waals surface area contributed by atoms with E-state index in [2.05, 4.69) is 12.1 Å². The van der Waals surface area contributed by atoms with Gasteiger partial charge < -0.3 is 19.1 Å². The van der Waals surface area contributed by atoms with Gasteiger partial charge in [0.2, 0.25) is 0 Å². The molecule has 1 fully saturated rings. The average molecular weight is 378 g/mol. The summed E-state index contributed by atoms with van der Waals surface area (Å²) in [7, 11) is 0. The minimum atomic E-state index is -0.441. The lowest BCUT2D eigenvalue weighted by Gasteiger charge is -2.34. The zero-order chi connectivity index (χ0) is 19.5. The van der Waals surface area contributed by atoms with Crippen molar-refractivity contribution in [3.8, 4) is 0 Å². The van der Waals surface area contributed by atoms with Gasteiger partial charge in [0, 0.05) is 32.2 Å². The lowest BCUT2D eigenvalue weighted by atomic mass is 9.99. The molecule has 5 nitrogen and oxygen atoms in total. The van der Waals surface area contributed by atoms with Crippen LogP contribution in [0.4, 0.5) is 4.79 Å². The third-order valence-corrected chi connectivity index (χ3v) is 4.46. The van der Waals surface area contributed by atoms with E-state index in [1.165, 1.54) is 5.56 Å². The Kier molecular flexibility index (Phi) is 9.08. The number of unbranched alkanes of at least 4 members (excludes halogenated alkanes) is 1. The summed E-state index contributed by atoms with van der Waals surface area (Å²) >= 11 is 0. The molecule has 1 atom stereocenters. The maximum Gasteiger partial charge on any atom is 0.410 e. The molecule has 0 aromatic heterocycles. The molecular weight excluding hydrogens is 342 g/mol. The van der Waals surface area contributed by atoms with Crippen LogP contribution in [-0.2, 0) is 20.8 Å². The van der Waals surface area contributed by atoms with Crippen LogP contribution < -0.4 is 0 Å². The van der Waals surface area contributed by atoms with E-state index < -0.39 is 5.60 Å². The number of ether oxygens (including phenoxy) is 3. The van der Waals surface area contributed by atoms with Gasteiger partial charge in [-0.25, -0.2) is 4.79 Å². The first kappa shape index (κ1) is 21.7. The second-order valence-electron chi connectivity index (χ2n) is 8.25. The van der Waals surface area contributed by atoms with E-state index in [0.717, 1.165) is 52.0 Å². The molecule has 27 heavy (non-hydrogen) atoms. The van der Waals surface area contributed by atoms with Crippen molar-refractivity contribution in [3.05, 3.63) is 35.9 Å². The maximum absolute atomic E-state index is 12.2. The van der Waals surface area contributed by atoms with Gasteiger partial charge >= 0.3 is 6.09 Å². The molecule has 0 saturated carbocycles. The monoisotopic (exact) mass is 377 g/mol. The molecule has 2 rings (SSSR count). The van der Waals surface area contributed by atoms with Crippen molar-refractivity contribution in [1.82, 2.24) is 4.90 Å². The summed E-state index contributed by atoms with van der Waals surface area (Å²) < 4.78 is 17.0. The second-order valence-corrected chi connectivity index (χ2v) is 8.25. The standard InChI is InChI=1S/C22H35NO4/c1-22(2,3)27-21(24)23-13-9-12-20(16-23)18-26-15-8-7-14-25-17-19-10-5-4-6-11-19/h4-6,10-11,20H,7-9,12-18H2,1-3H3. The average Bonchev–Trinajstić information content (AvgIpc) is 2.63. The molecule has 1 aromatic carbocycles. The van der Waals surface area contributed by atoms with Crippen LogP contribution in [0.3, 0.4) is 0 Å². The Morgan fingerprint density at radius 1 is 1.11 bits per heavy atom. The summed E-state index contributed by atoms with van der Waals surface area (Å²) in [5.74, 6) is 0.403. The molecule has 5 heteroatoms. The molecule has 1 aromatic rings. The maximum atomic E-state index is 12.2. The van der Waals surface area contributed by atoms with Crippen LogP contribution in [0, 0.1) is 5.92 Å². The fourth-order valence-electron chi connectivity index (χ4n) is 3.12. The van der Waals surface area contributed by atoms with Gasteiger partial charge in [0.05, 0.1) is 13.2 Å². The normalized spacial score (nSPS) is 17.7. The van der Waals surface area contributed by atoms with Crippen LogP contribution in [0.2, 0.25) is 0 Å². The van der Waals surface area contributed by atoms with E-state index in [0.29, 0.717) is 19.1 Å². The van der Waals surface area contributed by atoms with Crippen LogP contribution in [0.25, 0.3) is 0 Å². The lowest BCUT2D eigenvalue weighted by molar-refractivity contribution is 0.00682. The molecular formula is C22H35NO4. The minimum absolute atomic E-state index is 0.206. The van der Waals surface area contributed by atoms with E-state index in [1.807, 2.05) is 43.9 Å². The van der Waals surface area contributed by atoms with Crippen molar-refractivity contribution in [2.45, 2.75) is 58.7 Å². The number of carbonyl (C=O) groups is 1. The molecule has 0 radical (unpaired) electrons. The molecule has 1 aliphatic heterocycles. The fourth-order valence-corrected chi connectivity index (χ4v) is 3.12. The Hall–Kier alpha value is -1.59. The highest BCUT2D eigenvalue weighted by Gasteiger charge is 2.27. The molecule has 0 spiro atoms. The predicted octanol–water partition coefficient (Wildman–Crippen LogP) is 4.65.